The van der Waals surface area contributed by atoms with Crippen molar-refractivity contribution in [2.45, 2.75) is 52.1 Å². The van der Waals surface area contributed by atoms with E-state index in [2.05, 4.69) is 6.92 Å². The van der Waals surface area contributed by atoms with Crippen LogP contribution < -0.4 is 10.2 Å². The zero-order valence-corrected chi connectivity index (χ0v) is 14.3. The average molecular weight is 350 g/mol. The maximum atomic E-state index is 12.0. The molecule has 136 valence electrons. The lowest BCUT2D eigenvalue weighted by molar-refractivity contribution is 0.0459. The van der Waals surface area contributed by atoms with Crippen molar-refractivity contribution in [3.8, 4) is 17.4 Å². The summed E-state index contributed by atoms with van der Waals surface area (Å²) in [7, 11) is 0. The largest absolute Gasteiger partial charge is 0.516 e. The van der Waals surface area contributed by atoms with Crippen molar-refractivity contribution in [1.29, 1.82) is 0 Å². The fourth-order valence-corrected chi connectivity index (χ4v) is 2.49. The summed E-state index contributed by atoms with van der Waals surface area (Å²) < 4.78 is 15.4. The van der Waals surface area contributed by atoms with E-state index in [0.29, 0.717) is 6.42 Å². The maximum absolute atomic E-state index is 12.0. The highest BCUT2D eigenvalue weighted by Crippen LogP contribution is 2.29. The van der Waals surface area contributed by atoms with Gasteiger partial charge >= 0.3 is 6.16 Å². The number of unbranched alkanes of at least 4 members (excludes halogenated alkanes) is 2. The van der Waals surface area contributed by atoms with Gasteiger partial charge in [-0.05, 0) is 19.3 Å². The highest BCUT2D eigenvalue weighted by Gasteiger charge is 2.17. The fraction of sp³-hybridized carbons (Fsp3) is 0.444. The number of benzene rings is 1. The van der Waals surface area contributed by atoms with Crippen molar-refractivity contribution in [3.05, 3.63) is 28.4 Å². The van der Waals surface area contributed by atoms with Gasteiger partial charge in [0, 0.05) is 12.1 Å². The first kappa shape index (κ1) is 18.6. The molecule has 0 spiro atoms. The number of carbonyl (C=O) groups excluding carboxylic acids is 1. The van der Waals surface area contributed by atoms with Crippen LogP contribution in [0.1, 0.15) is 46.0 Å². The Hall–Kier alpha value is -2.70. The van der Waals surface area contributed by atoms with E-state index in [9.17, 15) is 19.8 Å². The van der Waals surface area contributed by atoms with Gasteiger partial charge in [0.25, 0.3) is 5.95 Å². The fourth-order valence-electron chi connectivity index (χ4n) is 2.49. The third kappa shape index (κ3) is 4.89. The molecule has 0 fully saturated rings. The third-order valence-corrected chi connectivity index (χ3v) is 3.80. The summed E-state index contributed by atoms with van der Waals surface area (Å²) in [4.78, 5) is 23.9. The second-order valence-corrected chi connectivity index (χ2v) is 5.76. The van der Waals surface area contributed by atoms with Crippen LogP contribution in [0.3, 0.4) is 0 Å². The molecule has 0 bridgehead atoms. The Kier molecular flexibility index (Phi) is 6.27. The van der Waals surface area contributed by atoms with Gasteiger partial charge in [-0.1, -0.05) is 26.7 Å². The first-order valence-corrected chi connectivity index (χ1v) is 8.32. The highest BCUT2D eigenvalue weighted by atomic mass is 16.8. The minimum absolute atomic E-state index is 0.0946. The quantitative estimate of drug-likeness (QED) is 0.572. The van der Waals surface area contributed by atoms with Crippen molar-refractivity contribution in [2.24, 2.45) is 0 Å². The van der Waals surface area contributed by atoms with E-state index in [1.54, 1.807) is 0 Å². The molecule has 1 aromatic carbocycles. The number of hydrogen-bond donors (Lipinski definition) is 2. The first-order chi connectivity index (χ1) is 11.9. The minimum atomic E-state index is -0.963. The van der Waals surface area contributed by atoms with Gasteiger partial charge in [-0.15, -0.1) is 0 Å². The summed E-state index contributed by atoms with van der Waals surface area (Å²) in [5.74, 6) is -1.06. The summed E-state index contributed by atoms with van der Waals surface area (Å²) in [5, 5.41) is 19.1. The van der Waals surface area contributed by atoms with Crippen LogP contribution in [-0.2, 0) is 4.74 Å². The van der Waals surface area contributed by atoms with Gasteiger partial charge in [-0.3, -0.25) is 4.79 Å². The Morgan fingerprint density at radius 3 is 2.64 bits per heavy atom. The van der Waals surface area contributed by atoms with Crippen LogP contribution in [0.15, 0.2) is 27.4 Å². The minimum Gasteiger partial charge on any atom is -0.508 e. The molecule has 7 heteroatoms. The number of phenolic OH excluding ortho intramolecular Hbond substituents is 2. The molecule has 0 aliphatic heterocycles. The molecule has 25 heavy (non-hydrogen) atoms. The molecule has 0 saturated heterocycles. The zero-order valence-electron chi connectivity index (χ0n) is 14.3. The van der Waals surface area contributed by atoms with Gasteiger partial charge in [-0.2, -0.15) is 0 Å². The summed E-state index contributed by atoms with van der Waals surface area (Å²) >= 11 is 0. The molecular weight excluding hydrogens is 328 g/mol. The number of phenols is 2. The van der Waals surface area contributed by atoms with Crippen LogP contribution in [-0.4, -0.2) is 22.5 Å². The number of hydrogen-bond acceptors (Lipinski definition) is 7. The molecule has 0 amide bonds. The lowest BCUT2D eigenvalue weighted by atomic mass is 10.1. The van der Waals surface area contributed by atoms with Crippen molar-refractivity contribution in [1.82, 2.24) is 0 Å². The molecule has 2 N–H and O–H groups in total. The second kappa shape index (κ2) is 8.41. The molecule has 1 heterocycles. The van der Waals surface area contributed by atoms with Crippen LogP contribution >= 0.6 is 0 Å². The zero-order chi connectivity index (χ0) is 18.4. The lowest BCUT2D eigenvalue weighted by Crippen LogP contribution is -2.20. The van der Waals surface area contributed by atoms with Crippen LogP contribution in [0.4, 0.5) is 4.79 Å². The first-order valence-electron chi connectivity index (χ1n) is 8.32. The monoisotopic (exact) mass is 350 g/mol. The number of fused-ring (bicyclic) bond motifs is 1. The molecule has 7 nitrogen and oxygen atoms in total. The number of aromatic hydroxyl groups is 2. The normalized spacial score (nSPS) is 12.1. The van der Waals surface area contributed by atoms with E-state index in [-0.39, 0.29) is 28.8 Å². The standard InChI is InChI=1S/C18H22O7/c1-3-5-6-7-12(4-2)23-18(22)25-16-10-14(21)17-13(20)8-11(19)9-15(17)24-16/h8-10,12,19-20H,3-7H2,1-2H3. The van der Waals surface area contributed by atoms with Gasteiger partial charge in [0.05, 0.1) is 6.07 Å². The molecule has 1 atom stereocenters. The Morgan fingerprint density at radius 2 is 1.96 bits per heavy atom. The molecule has 0 aliphatic carbocycles. The van der Waals surface area contributed by atoms with Crippen molar-refractivity contribution in [2.75, 3.05) is 0 Å². The summed E-state index contributed by atoms with van der Waals surface area (Å²) in [5.41, 5.74) is -0.695. The van der Waals surface area contributed by atoms with Gasteiger partial charge < -0.3 is 24.1 Å². The SMILES string of the molecule is CCCCCC(CC)OC(=O)Oc1cc(=O)c2c(O)cc(O)cc2o1. The van der Waals surface area contributed by atoms with Gasteiger partial charge in [0.1, 0.15) is 28.6 Å². The maximum Gasteiger partial charge on any atom is 0.516 e. The second-order valence-electron chi connectivity index (χ2n) is 5.76. The lowest BCUT2D eigenvalue weighted by Gasteiger charge is -2.15. The highest BCUT2D eigenvalue weighted by molar-refractivity contribution is 5.85. The third-order valence-electron chi connectivity index (χ3n) is 3.80. The average Bonchev–Trinajstić information content (AvgIpc) is 2.52. The Morgan fingerprint density at radius 1 is 1.20 bits per heavy atom. The van der Waals surface area contributed by atoms with Crippen molar-refractivity contribution < 1.29 is 28.9 Å². The van der Waals surface area contributed by atoms with E-state index in [0.717, 1.165) is 43.9 Å². The van der Waals surface area contributed by atoms with Crippen molar-refractivity contribution in [3.63, 3.8) is 0 Å². The molecule has 0 radical (unpaired) electrons. The van der Waals surface area contributed by atoms with Crippen molar-refractivity contribution >= 4 is 17.1 Å². The van der Waals surface area contributed by atoms with Crippen LogP contribution in [0.5, 0.6) is 17.4 Å². The number of ether oxygens (including phenoxy) is 2. The van der Waals surface area contributed by atoms with Crippen LogP contribution in [0, 0.1) is 0 Å². The number of rotatable bonds is 7. The van der Waals surface area contributed by atoms with Crippen LogP contribution in [0.2, 0.25) is 0 Å². The Balaban J connectivity index is 2.11. The van der Waals surface area contributed by atoms with E-state index in [1.165, 1.54) is 0 Å². The van der Waals surface area contributed by atoms with Crippen LogP contribution in [0.25, 0.3) is 11.0 Å². The predicted molar refractivity (Wildman–Crippen MR) is 91.1 cm³/mol. The topological polar surface area (TPSA) is 106 Å². The Bertz CT molecular complexity index is 794. The van der Waals surface area contributed by atoms with E-state index in [1.807, 2.05) is 6.92 Å². The molecule has 0 aliphatic rings. The van der Waals surface area contributed by atoms with E-state index < -0.39 is 17.3 Å². The molecule has 1 aromatic heterocycles. The molecule has 2 rings (SSSR count). The van der Waals surface area contributed by atoms with Gasteiger partial charge in [-0.25, -0.2) is 4.79 Å². The molecular formula is C18H22O7. The summed E-state index contributed by atoms with van der Waals surface area (Å²) in [6.07, 6.45) is 3.25. The predicted octanol–water partition coefficient (Wildman–Crippen LogP) is 4.08. The smallest absolute Gasteiger partial charge is 0.508 e. The van der Waals surface area contributed by atoms with E-state index in [4.69, 9.17) is 13.9 Å². The van der Waals surface area contributed by atoms with Gasteiger partial charge in [0.2, 0.25) is 0 Å². The molecule has 0 saturated carbocycles. The molecule has 2 aromatic rings. The summed E-state index contributed by atoms with van der Waals surface area (Å²) in [6.45, 7) is 4.00. The summed E-state index contributed by atoms with van der Waals surface area (Å²) in [6, 6.07) is 3.11. The molecule has 1 unspecified atom stereocenters. The Labute approximate surface area is 144 Å². The van der Waals surface area contributed by atoms with E-state index >= 15 is 0 Å². The number of carbonyl (C=O) groups is 1. The van der Waals surface area contributed by atoms with Gasteiger partial charge in [0.15, 0.2) is 5.43 Å².